The molecule has 0 radical (unpaired) electrons. The van der Waals surface area contributed by atoms with E-state index in [0.717, 1.165) is 21.4 Å². The lowest BCUT2D eigenvalue weighted by atomic mass is 10.1. The van der Waals surface area contributed by atoms with Crippen LogP contribution in [0.3, 0.4) is 0 Å². The van der Waals surface area contributed by atoms with Crippen LogP contribution in [0.2, 0.25) is 10.0 Å². The topological polar surface area (TPSA) is 54.9 Å². The monoisotopic (exact) mass is 364 g/mol. The van der Waals surface area contributed by atoms with Gasteiger partial charge in [-0.3, -0.25) is 0 Å². The number of quaternary nitrogens is 1. The van der Waals surface area contributed by atoms with E-state index in [1.165, 1.54) is 12.1 Å². The Hall–Kier alpha value is -2.01. The number of fused-ring (bicyclic) bond motifs is 1. The molecule has 1 unspecified atom stereocenters. The maximum atomic E-state index is 11.8. The van der Waals surface area contributed by atoms with Crippen molar-refractivity contribution in [3.05, 3.63) is 74.1 Å². The summed E-state index contributed by atoms with van der Waals surface area (Å²) in [7, 11) is 2.02. The van der Waals surface area contributed by atoms with Gasteiger partial charge < -0.3 is 14.4 Å². The number of hydrogen-bond donors (Lipinski definition) is 2. The lowest BCUT2D eigenvalue weighted by Crippen LogP contribution is -3.06. The molecular formula is C18H16Cl2NO3+. The Kier molecular flexibility index (Phi) is 4.81. The van der Waals surface area contributed by atoms with Crippen LogP contribution in [0, 0.1) is 0 Å². The quantitative estimate of drug-likeness (QED) is 0.699. The van der Waals surface area contributed by atoms with E-state index >= 15 is 0 Å². The zero-order valence-electron chi connectivity index (χ0n) is 13.0. The summed E-state index contributed by atoms with van der Waals surface area (Å²) in [4.78, 5) is 12.9. The van der Waals surface area contributed by atoms with E-state index < -0.39 is 5.63 Å². The van der Waals surface area contributed by atoms with Gasteiger partial charge in [0.25, 0.3) is 0 Å². The molecular weight excluding hydrogens is 349 g/mol. The normalized spacial score (nSPS) is 12.5. The molecule has 2 aromatic carbocycles. The first-order valence-corrected chi connectivity index (χ1v) is 8.19. The van der Waals surface area contributed by atoms with Crippen LogP contribution < -0.4 is 10.5 Å². The van der Waals surface area contributed by atoms with Crippen molar-refractivity contribution in [1.82, 2.24) is 0 Å². The summed E-state index contributed by atoms with van der Waals surface area (Å²) in [6.07, 6.45) is 0. The predicted molar refractivity (Wildman–Crippen MR) is 94.9 cm³/mol. The van der Waals surface area contributed by atoms with E-state index in [1.54, 1.807) is 18.2 Å². The highest BCUT2D eigenvalue weighted by Crippen LogP contribution is 2.22. The number of rotatable bonds is 4. The number of phenols is 1. The molecule has 0 spiro atoms. The molecule has 0 aliphatic heterocycles. The third kappa shape index (κ3) is 3.73. The highest BCUT2D eigenvalue weighted by Gasteiger charge is 2.13. The molecule has 3 rings (SSSR count). The van der Waals surface area contributed by atoms with E-state index in [4.69, 9.17) is 27.6 Å². The van der Waals surface area contributed by atoms with Crippen molar-refractivity contribution in [3.63, 3.8) is 0 Å². The predicted octanol–water partition coefficient (Wildman–Crippen LogP) is 3.02. The Balaban J connectivity index is 1.87. The molecule has 0 fully saturated rings. The van der Waals surface area contributed by atoms with Gasteiger partial charge in [-0.25, -0.2) is 4.79 Å². The molecule has 6 heteroatoms. The van der Waals surface area contributed by atoms with Crippen LogP contribution in [-0.2, 0) is 13.1 Å². The second kappa shape index (κ2) is 6.85. The Morgan fingerprint density at radius 1 is 1.04 bits per heavy atom. The summed E-state index contributed by atoms with van der Waals surface area (Å²) in [5, 5.41) is 11.6. The molecule has 0 bridgehead atoms. The van der Waals surface area contributed by atoms with Gasteiger partial charge in [0.1, 0.15) is 24.4 Å². The molecule has 24 heavy (non-hydrogen) atoms. The third-order valence-corrected chi connectivity index (χ3v) is 4.40. The van der Waals surface area contributed by atoms with Gasteiger partial charge in [-0.05, 0) is 24.3 Å². The second-order valence-electron chi connectivity index (χ2n) is 5.82. The molecule has 1 heterocycles. The van der Waals surface area contributed by atoms with Gasteiger partial charge in [0.2, 0.25) is 0 Å². The number of hydrogen-bond acceptors (Lipinski definition) is 3. The maximum absolute atomic E-state index is 11.8. The van der Waals surface area contributed by atoms with Crippen LogP contribution >= 0.6 is 23.2 Å². The molecule has 124 valence electrons. The fourth-order valence-corrected chi connectivity index (χ4v) is 3.22. The minimum Gasteiger partial charge on any atom is -0.508 e. The van der Waals surface area contributed by atoms with Crippen molar-refractivity contribution in [1.29, 1.82) is 0 Å². The molecule has 1 aromatic heterocycles. The number of nitrogens with one attached hydrogen (secondary N) is 1. The van der Waals surface area contributed by atoms with E-state index in [1.807, 2.05) is 19.2 Å². The molecule has 4 nitrogen and oxygen atoms in total. The van der Waals surface area contributed by atoms with Gasteiger partial charge in [-0.15, -0.1) is 0 Å². The molecule has 3 aromatic rings. The van der Waals surface area contributed by atoms with Gasteiger partial charge >= 0.3 is 5.63 Å². The number of halogens is 2. The zero-order chi connectivity index (χ0) is 17.3. The smallest absolute Gasteiger partial charge is 0.336 e. The van der Waals surface area contributed by atoms with Gasteiger partial charge in [-0.1, -0.05) is 29.3 Å². The van der Waals surface area contributed by atoms with Crippen molar-refractivity contribution in [2.24, 2.45) is 0 Å². The van der Waals surface area contributed by atoms with E-state index in [2.05, 4.69) is 0 Å². The number of benzene rings is 2. The van der Waals surface area contributed by atoms with Crippen LogP contribution in [0.15, 0.2) is 51.7 Å². The average Bonchev–Trinajstić information content (AvgIpc) is 2.49. The molecule has 0 aliphatic rings. The maximum Gasteiger partial charge on any atom is 0.336 e. The lowest BCUT2D eigenvalue weighted by molar-refractivity contribution is -0.907. The fourth-order valence-electron chi connectivity index (χ4n) is 2.74. The van der Waals surface area contributed by atoms with E-state index in [0.29, 0.717) is 28.7 Å². The summed E-state index contributed by atoms with van der Waals surface area (Å²) in [5.41, 5.74) is 1.81. The van der Waals surface area contributed by atoms with Crippen molar-refractivity contribution in [2.45, 2.75) is 13.1 Å². The first-order chi connectivity index (χ1) is 11.4. The first-order valence-electron chi connectivity index (χ1n) is 7.43. The second-order valence-corrected chi connectivity index (χ2v) is 6.66. The van der Waals surface area contributed by atoms with Crippen molar-refractivity contribution < 1.29 is 14.4 Å². The van der Waals surface area contributed by atoms with Crippen molar-refractivity contribution >= 4 is 34.2 Å². The summed E-state index contributed by atoms with van der Waals surface area (Å²) in [6.45, 7) is 1.31. The highest BCUT2D eigenvalue weighted by atomic mass is 35.5. The molecule has 0 amide bonds. The number of aromatic hydroxyl groups is 1. The first kappa shape index (κ1) is 16.8. The molecule has 0 saturated carbocycles. The van der Waals surface area contributed by atoms with Gasteiger partial charge in [0.15, 0.2) is 0 Å². The Labute approximate surface area is 148 Å². The molecule has 1 atom stereocenters. The molecule has 2 N–H and O–H groups in total. The summed E-state index contributed by atoms with van der Waals surface area (Å²) in [5.74, 6) is 0.0662. The highest BCUT2D eigenvalue weighted by molar-refractivity contribution is 6.35. The van der Waals surface area contributed by atoms with Gasteiger partial charge in [-0.2, -0.15) is 0 Å². The van der Waals surface area contributed by atoms with Crippen molar-refractivity contribution in [3.8, 4) is 5.75 Å². The summed E-state index contributed by atoms with van der Waals surface area (Å²) < 4.78 is 5.15. The van der Waals surface area contributed by atoms with Gasteiger partial charge in [0, 0.05) is 33.7 Å². The van der Waals surface area contributed by atoms with Crippen LogP contribution in [0.4, 0.5) is 0 Å². The molecule has 0 saturated heterocycles. The van der Waals surface area contributed by atoms with Gasteiger partial charge in [0.05, 0.1) is 12.1 Å². The summed E-state index contributed by atoms with van der Waals surface area (Å²) >= 11 is 12.1. The summed E-state index contributed by atoms with van der Waals surface area (Å²) in [6, 6.07) is 11.7. The third-order valence-electron chi connectivity index (χ3n) is 3.81. The zero-order valence-corrected chi connectivity index (χ0v) is 14.5. The minimum atomic E-state index is -0.430. The van der Waals surface area contributed by atoms with E-state index in [9.17, 15) is 9.90 Å². The Morgan fingerprint density at radius 2 is 1.79 bits per heavy atom. The van der Waals surface area contributed by atoms with Crippen LogP contribution in [-0.4, -0.2) is 12.2 Å². The standard InChI is InChI=1S/C18H15Cl2NO3/c1-21(9-11-2-3-13(19)7-16(11)20)10-12-6-18(23)24-17-8-14(22)4-5-15(12)17/h2-8,22H,9-10H2,1H3/p+1. The fraction of sp³-hybridized carbons (Fsp3) is 0.167. The van der Waals surface area contributed by atoms with Crippen molar-refractivity contribution in [2.75, 3.05) is 7.05 Å². The Morgan fingerprint density at radius 3 is 2.54 bits per heavy atom. The van der Waals surface area contributed by atoms with E-state index in [-0.39, 0.29) is 5.75 Å². The largest absolute Gasteiger partial charge is 0.508 e. The van der Waals surface area contributed by atoms with Crippen LogP contribution in [0.25, 0.3) is 11.0 Å². The number of phenolic OH excluding ortho intramolecular Hbond substituents is 1. The average molecular weight is 365 g/mol. The van der Waals surface area contributed by atoms with Crippen LogP contribution in [0.5, 0.6) is 5.75 Å². The minimum absolute atomic E-state index is 0.0662. The van der Waals surface area contributed by atoms with Crippen LogP contribution in [0.1, 0.15) is 11.1 Å². The molecule has 0 aliphatic carbocycles. The lowest BCUT2D eigenvalue weighted by Gasteiger charge is -2.16. The SMILES string of the molecule is C[NH+](Cc1ccc(Cl)cc1Cl)Cc1cc(=O)oc2cc(O)ccc12. The Bertz CT molecular complexity index is 953.